The van der Waals surface area contributed by atoms with Crippen molar-refractivity contribution in [2.75, 3.05) is 13.6 Å². The Kier molecular flexibility index (Phi) is 2.14. The molecule has 10 heavy (non-hydrogen) atoms. The van der Waals surface area contributed by atoms with Gasteiger partial charge in [0.2, 0.25) is 0 Å². The molecule has 0 radical (unpaired) electrons. The third-order valence-electron chi connectivity index (χ3n) is 2.06. The number of aliphatic imine (C=N–C) groups is 1. The van der Waals surface area contributed by atoms with E-state index in [1.807, 2.05) is 0 Å². The van der Waals surface area contributed by atoms with Crippen LogP contribution in [0, 0.1) is 11.8 Å². The van der Waals surface area contributed by atoms with Gasteiger partial charge in [0, 0.05) is 13.6 Å². The molecule has 0 aliphatic heterocycles. The third kappa shape index (κ3) is 1.90. The summed E-state index contributed by atoms with van der Waals surface area (Å²) in [6.45, 7) is 3.25. The topological polar surface area (TPSA) is 50.4 Å². The van der Waals surface area contributed by atoms with E-state index in [4.69, 9.17) is 5.73 Å². The molecule has 0 bridgehead atoms. The molecule has 0 spiro atoms. The van der Waals surface area contributed by atoms with Crippen LogP contribution < -0.4 is 11.1 Å². The van der Waals surface area contributed by atoms with E-state index in [1.54, 1.807) is 7.05 Å². The molecule has 0 amide bonds. The molecule has 0 aromatic carbocycles. The number of guanidine groups is 1. The summed E-state index contributed by atoms with van der Waals surface area (Å²) in [6, 6.07) is 0. The Morgan fingerprint density at radius 1 is 1.80 bits per heavy atom. The van der Waals surface area contributed by atoms with Crippen molar-refractivity contribution in [1.29, 1.82) is 0 Å². The van der Waals surface area contributed by atoms with Crippen molar-refractivity contribution in [3.8, 4) is 0 Å². The van der Waals surface area contributed by atoms with E-state index in [1.165, 1.54) is 6.42 Å². The average molecular weight is 141 g/mol. The molecule has 0 saturated heterocycles. The Labute approximate surface area is 61.7 Å². The van der Waals surface area contributed by atoms with Crippen LogP contribution in [0.15, 0.2) is 4.99 Å². The highest BCUT2D eigenvalue weighted by Crippen LogP contribution is 2.36. The van der Waals surface area contributed by atoms with Crippen molar-refractivity contribution in [2.45, 2.75) is 13.3 Å². The van der Waals surface area contributed by atoms with Crippen LogP contribution in [0.4, 0.5) is 0 Å². The van der Waals surface area contributed by atoms with Crippen LogP contribution in [0.3, 0.4) is 0 Å². The van der Waals surface area contributed by atoms with Gasteiger partial charge in [-0.3, -0.25) is 4.99 Å². The minimum atomic E-state index is 0.555. The van der Waals surface area contributed by atoms with Crippen LogP contribution in [-0.4, -0.2) is 19.6 Å². The molecule has 0 aromatic rings. The summed E-state index contributed by atoms with van der Waals surface area (Å²) in [5.41, 5.74) is 5.43. The molecule has 2 unspecified atom stereocenters. The first-order chi connectivity index (χ1) is 4.74. The summed E-state index contributed by atoms with van der Waals surface area (Å²) in [5, 5.41) is 3.05. The molecule has 3 heteroatoms. The van der Waals surface area contributed by atoms with Gasteiger partial charge in [0.25, 0.3) is 0 Å². The summed E-state index contributed by atoms with van der Waals surface area (Å²) < 4.78 is 0. The minimum Gasteiger partial charge on any atom is -0.370 e. The lowest BCUT2D eigenvalue weighted by Gasteiger charge is -2.01. The Morgan fingerprint density at radius 3 is 2.80 bits per heavy atom. The molecule has 3 nitrogen and oxygen atoms in total. The maximum absolute atomic E-state index is 5.43. The highest BCUT2D eigenvalue weighted by atomic mass is 15.1. The van der Waals surface area contributed by atoms with Gasteiger partial charge >= 0.3 is 0 Å². The number of hydrogen-bond acceptors (Lipinski definition) is 1. The van der Waals surface area contributed by atoms with Gasteiger partial charge in [-0.2, -0.15) is 0 Å². The lowest BCUT2D eigenvalue weighted by molar-refractivity contribution is 0.709. The molecule has 3 N–H and O–H groups in total. The van der Waals surface area contributed by atoms with Crippen LogP contribution in [0.2, 0.25) is 0 Å². The molecule has 0 aromatic heterocycles. The smallest absolute Gasteiger partial charge is 0.188 e. The number of hydrogen-bond donors (Lipinski definition) is 2. The fourth-order valence-electron chi connectivity index (χ4n) is 0.998. The first-order valence-corrected chi connectivity index (χ1v) is 3.70. The molecule has 58 valence electrons. The van der Waals surface area contributed by atoms with Crippen LogP contribution in [-0.2, 0) is 0 Å². The van der Waals surface area contributed by atoms with Gasteiger partial charge in [0.15, 0.2) is 5.96 Å². The van der Waals surface area contributed by atoms with Crippen molar-refractivity contribution < 1.29 is 0 Å². The molecule has 1 fully saturated rings. The monoisotopic (exact) mass is 141 g/mol. The molecule has 0 heterocycles. The summed E-state index contributed by atoms with van der Waals surface area (Å²) in [7, 11) is 1.69. The van der Waals surface area contributed by atoms with E-state index < -0.39 is 0 Å². The van der Waals surface area contributed by atoms with Crippen molar-refractivity contribution in [3.63, 3.8) is 0 Å². The third-order valence-corrected chi connectivity index (χ3v) is 2.06. The van der Waals surface area contributed by atoms with Gasteiger partial charge in [-0.15, -0.1) is 0 Å². The highest BCUT2D eigenvalue weighted by Gasteiger charge is 2.31. The zero-order valence-electron chi connectivity index (χ0n) is 6.59. The van der Waals surface area contributed by atoms with E-state index in [0.29, 0.717) is 5.96 Å². The summed E-state index contributed by atoms with van der Waals surface area (Å²) >= 11 is 0. The van der Waals surface area contributed by atoms with E-state index in [9.17, 15) is 0 Å². The number of nitrogens with two attached hydrogens (primary N) is 1. The van der Waals surface area contributed by atoms with E-state index in [0.717, 1.165) is 18.4 Å². The Hall–Kier alpha value is -0.730. The second-order valence-electron chi connectivity index (χ2n) is 2.96. The van der Waals surface area contributed by atoms with Crippen LogP contribution in [0.25, 0.3) is 0 Å². The Balaban J connectivity index is 2.06. The molecule has 1 rings (SSSR count). The van der Waals surface area contributed by atoms with Crippen LogP contribution >= 0.6 is 0 Å². The zero-order chi connectivity index (χ0) is 7.56. The minimum absolute atomic E-state index is 0.555. The maximum Gasteiger partial charge on any atom is 0.188 e. The maximum atomic E-state index is 5.43. The second-order valence-corrected chi connectivity index (χ2v) is 2.96. The molecule has 1 aliphatic carbocycles. The molecule has 2 atom stereocenters. The first kappa shape index (κ1) is 7.38. The van der Waals surface area contributed by atoms with Crippen molar-refractivity contribution in [3.05, 3.63) is 0 Å². The molecule has 1 saturated carbocycles. The predicted molar refractivity (Wildman–Crippen MR) is 42.8 cm³/mol. The quantitative estimate of drug-likeness (QED) is 0.425. The largest absolute Gasteiger partial charge is 0.370 e. The van der Waals surface area contributed by atoms with Crippen molar-refractivity contribution >= 4 is 5.96 Å². The van der Waals surface area contributed by atoms with Gasteiger partial charge in [0.1, 0.15) is 0 Å². The van der Waals surface area contributed by atoms with Gasteiger partial charge in [-0.25, -0.2) is 0 Å². The first-order valence-electron chi connectivity index (χ1n) is 3.70. The lowest BCUT2D eigenvalue weighted by Crippen LogP contribution is -2.33. The second kappa shape index (κ2) is 2.90. The summed E-state index contributed by atoms with van der Waals surface area (Å²) in [5.74, 6) is 2.27. The summed E-state index contributed by atoms with van der Waals surface area (Å²) in [6.07, 6.45) is 1.34. The lowest BCUT2D eigenvalue weighted by atomic mass is 10.3. The van der Waals surface area contributed by atoms with E-state index in [2.05, 4.69) is 17.2 Å². The van der Waals surface area contributed by atoms with Gasteiger partial charge in [0.05, 0.1) is 0 Å². The van der Waals surface area contributed by atoms with Gasteiger partial charge in [-0.1, -0.05) is 6.92 Å². The van der Waals surface area contributed by atoms with E-state index >= 15 is 0 Å². The Bertz CT molecular complexity index is 142. The standard InChI is InChI=1S/C7H15N3/c1-5-3-6(5)4-10-7(8)9-2/h5-6H,3-4H2,1-2H3,(H3,8,9,10). The number of nitrogens with zero attached hydrogens (tertiary/aromatic N) is 1. The number of nitrogens with one attached hydrogen (secondary N) is 1. The average Bonchev–Trinajstić information content (AvgIpc) is 2.61. The van der Waals surface area contributed by atoms with Crippen LogP contribution in [0.1, 0.15) is 13.3 Å². The van der Waals surface area contributed by atoms with Crippen molar-refractivity contribution in [2.24, 2.45) is 22.6 Å². The van der Waals surface area contributed by atoms with Gasteiger partial charge < -0.3 is 11.1 Å². The predicted octanol–water partition coefficient (Wildman–Crippen LogP) is 0.176. The van der Waals surface area contributed by atoms with Crippen LogP contribution in [0.5, 0.6) is 0 Å². The molecular formula is C7H15N3. The molecule has 1 aliphatic rings. The SMILES string of the molecule is CN=C(N)NCC1CC1C. The van der Waals surface area contributed by atoms with Crippen molar-refractivity contribution in [1.82, 2.24) is 5.32 Å². The van der Waals surface area contributed by atoms with E-state index in [-0.39, 0.29) is 0 Å². The fourth-order valence-corrected chi connectivity index (χ4v) is 0.998. The normalized spacial score (nSPS) is 32.0. The fraction of sp³-hybridized carbons (Fsp3) is 0.857. The number of rotatable bonds is 2. The highest BCUT2D eigenvalue weighted by molar-refractivity contribution is 5.77. The Morgan fingerprint density at radius 2 is 2.40 bits per heavy atom. The molecular weight excluding hydrogens is 126 g/mol. The summed E-state index contributed by atoms with van der Waals surface area (Å²) in [4.78, 5) is 3.80. The zero-order valence-corrected chi connectivity index (χ0v) is 6.59. The van der Waals surface area contributed by atoms with Gasteiger partial charge in [-0.05, 0) is 18.3 Å².